The van der Waals surface area contributed by atoms with Crippen LogP contribution in [0.3, 0.4) is 0 Å². The summed E-state index contributed by atoms with van der Waals surface area (Å²) in [5.41, 5.74) is 0.992. The van der Waals surface area contributed by atoms with Gasteiger partial charge in [-0.05, 0) is 11.6 Å². The SMILES string of the molecule is O=C(O)CC1COCCN1C(=O)CSCc1ccccc1Cl. The molecule has 1 atom stereocenters. The van der Waals surface area contributed by atoms with Crippen molar-refractivity contribution in [3.05, 3.63) is 34.9 Å². The minimum atomic E-state index is -0.919. The summed E-state index contributed by atoms with van der Waals surface area (Å²) >= 11 is 7.56. The van der Waals surface area contributed by atoms with Crippen molar-refractivity contribution in [1.82, 2.24) is 4.90 Å². The summed E-state index contributed by atoms with van der Waals surface area (Å²) in [5, 5.41) is 9.60. The second kappa shape index (κ2) is 8.41. The van der Waals surface area contributed by atoms with E-state index in [4.69, 9.17) is 21.4 Å². The van der Waals surface area contributed by atoms with Gasteiger partial charge in [-0.25, -0.2) is 0 Å². The third-order valence-electron chi connectivity index (χ3n) is 3.40. The van der Waals surface area contributed by atoms with Gasteiger partial charge in [0.1, 0.15) is 0 Å². The summed E-state index contributed by atoms with van der Waals surface area (Å²) in [6.45, 7) is 1.19. The first-order valence-electron chi connectivity index (χ1n) is 6.98. The van der Waals surface area contributed by atoms with Crippen LogP contribution in [0, 0.1) is 0 Å². The number of carboxylic acid groups (broad SMARTS) is 1. The quantitative estimate of drug-likeness (QED) is 0.858. The number of nitrogens with zero attached hydrogens (tertiary/aromatic N) is 1. The molecule has 0 aliphatic carbocycles. The molecule has 120 valence electrons. The van der Waals surface area contributed by atoms with E-state index in [0.717, 1.165) is 5.56 Å². The molecule has 22 heavy (non-hydrogen) atoms. The van der Waals surface area contributed by atoms with Crippen molar-refractivity contribution in [1.29, 1.82) is 0 Å². The molecule has 1 amide bonds. The molecule has 1 aliphatic rings. The highest BCUT2D eigenvalue weighted by Gasteiger charge is 2.28. The highest BCUT2D eigenvalue weighted by atomic mass is 35.5. The predicted molar refractivity (Wildman–Crippen MR) is 86.2 cm³/mol. The Labute approximate surface area is 138 Å². The smallest absolute Gasteiger partial charge is 0.305 e. The molecule has 0 radical (unpaired) electrons. The maximum Gasteiger partial charge on any atom is 0.305 e. The van der Waals surface area contributed by atoms with Crippen LogP contribution in [0.25, 0.3) is 0 Å². The zero-order valence-electron chi connectivity index (χ0n) is 12.0. The van der Waals surface area contributed by atoms with Gasteiger partial charge >= 0.3 is 5.97 Å². The van der Waals surface area contributed by atoms with E-state index in [1.54, 1.807) is 4.90 Å². The van der Waals surface area contributed by atoms with Crippen LogP contribution in [0.1, 0.15) is 12.0 Å². The highest BCUT2D eigenvalue weighted by molar-refractivity contribution is 7.99. The summed E-state index contributed by atoms with van der Waals surface area (Å²) in [6.07, 6.45) is -0.0824. The van der Waals surface area contributed by atoms with E-state index in [9.17, 15) is 9.59 Å². The van der Waals surface area contributed by atoms with Crippen LogP contribution < -0.4 is 0 Å². The molecule has 1 N–H and O–H groups in total. The van der Waals surface area contributed by atoms with Crippen molar-refractivity contribution in [3.8, 4) is 0 Å². The Bertz CT molecular complexity index is 540. The molecule has 1 saturated heterocycles. The number of carbonyl (C=O) groups is 2. The topological polar surface area (TPSA) is 66.8 Å². The van der Waals surface area contributed by atoms with E-state index in [-0.39, 0.29) is 25.0 Å². The molecule has 1 aromatic rings. The number of thioether (sulfide) groups is 1. The van der Waals surface area contributed by atoms with Gasteiger partial charge in [0, 0.05) is 17.3 Å². The van der Waals surface area contributed by atoms with Gasteiger partial charge in [0.2, 0.25) is 5.91 Å². The first-order valence-corrected chi connectivity index (χ1v) is 8.51. The van der Waals surface area contributed by atoms with E-state index in [1.807, 2.05) is 24.3 Å². The Morgan fingerprint density at radius 1 is 1.41 bits per heavy atom. The lowest BCUT2D eigenvalue weighted by molar-refractivity contribution is -0.144. The fraction of sp³-hybridized carbons (Fsp3) is 0.467. The predicted octanol–water partition coefficient (Wildman–Crippen LogP) is 2.28. The van der Waals surface area contributed by atoms with Gasteiger partial charge in [0.15, 0.2) is 0 Å². The molecule has 1 unspecified atom stereocenters. The molecule has 5 nitrogen and oxygen atoms in total. The summed E-state index contributed by atoms with van der Waals surface area (Å²) in [5.74, 6) is -0.00985. The number of hydrogen-bond acceptors (Lipinski definition) is 4. The molecule has 1 aromatic carbocycles. The summed E-state index contributed by atoms with van der Waals surface area (Å²) in [4.78, 5) is 24.8. The van der Waals surface area contributed by atoms with Crippen molar-refractivity contribution < 1.29 is 19.4 Å². The standard InChI is InChI=1S/C15H18ClNO4S/c16-13-4-2-1-3-11(13)9-22-10-14(18)17-5-6-21-8-12(17)7-15(19)20/h1-4,12H,5-10H2,(H,19,20). The van der Waals surface area contributed by atoms with Crippen LogP contribution in [0.2, 0.25) is 5.02 Å². The Morgan fingerprint density at radius 2 is 2.18 bits per heavy atom. The van der Waals surface area contributed by atoms with E-state index in [1.165, 1.54) is 11.8 Å². The normalized spacial score (nSPS) is 18.2. The Kier molecular flexibility index (Phi) is 6.54. The van der Waals surface area contributed by atoms with E-state index >= 15 is 0 Å². The van der Waals surface area contributed by atoms with Crippen LogP contribution in [-0.4, -0.2) is 53.4 Å². The van der Waals surface area contributed by atoms with Crippen LogP contribution in [0.15, 0.2) is 24.3 Å². The number of carbonyl (C=O) groups excluding carboxylic acids is 1. The minimum absolute atomic E-state index is 0.0494. The molecule has 1 heterocycles. The van der Waals surface area contributed by atoms with Crippen molar-refractivity contribution in [2.24, 2.45) is 0 Å². The van der Waals surface area contributed by atoms with Crippen LogP contribution in [0.4, 0.5) is 0 Å². The summed E-state index contributed by atoms with van der Waals surface area (Å²) < 4.78 is 5.27. The Balaban J connectivity index is 1.85. The number of amides is 1. The monoisotopic (exact) mass is 343 g/mol. The number of benzene rings is 1. The van der Waals surface area contributed by atoms with Gasteiger partial charge in [-0.3, -0.25) is 9.59 Å². The molecular weight excluding hydrogens is 326 g/mol. The third kappa shape index (κ3) is 4.90. The minimum Gasteiger partial charge on any atom is -0.481 e. The number of morpholine rings is 1. The van der Waals surface area contributed by atoms with E-state index < -0.39 is 5.97 Å². The van der Waals surface area contributed by atoms with Crippen LogP contribution in [-0.2, 0) is 20.1 Å². The second-order valence-corrected chi connectivity index (χ2v) is 6.39. The fourth-order valence-corrected chi connectivity index (χ4v) is 3.50. The Morgan fingerprint density at radius 3 is 2.91 bits per heavy atom. The molecule has 0 bridgehead atoms. The molecule has 1 aliphatic heterocycles. The van der Waals surface area contributed by atoms with Crippen molar-refractivity contribution in [2.75, 3.05) is 25.5 Å². The number of halogens is 1. The molecular formula is C15H18ClNO4S. The van der Waals surface area contributed by atoms with Crippen LogP contribution in [0.5, 0.6) is 0 Å². The first-order chi connectivity index (χ1) is 10.6. The van der Waals surface area contributed by atoms with Gasteiger partial charge in [-0.15, -0.1) is 11.8 Å². The summed E-state index contributed by atoms with van der Waals surface area (Å²) in [6, 6.07) is 7.16. The van der Waals surface area contributed by atoms with Gasteiger partial charge in [0.25, 0.3) is 0 Å². The lowest BCUT2D eigenvalue weighted by atomic mass is 10.1. The van der Waals surface area contributed by atoms with Crippen molar-refractivity contribution in [2.45, 2.75) is 18.2 Å². The molecule has 2 rings (SSSR count). The van der Waals surface area contributed by atoms with Gasteiger partial charge in [-0.2, -0.15) is 0 Å². The van der Waals surface area contributed by atoms with Crippen LogP contribution >= 0.6 is 23.4 Å². The zero-order chi connectivity index (χ0) is 15.9. The van der Waals surface area contributed by atoms with E-state index in [2.05, 4.69) is 0 Å². The van der Waals surface area contributed by atoms with Gasteiger partial charge in [-0.1, -0.05) is 29.8 Å². The van der Waals surface area contributed by atoms with Crippen molar-refractivity contribution >= 4 is 35.2 Å². The first kappa shape index (κ1) is 17.1. The van der Waals surface area contributed by atoms with Gasteiger partial charge in [0.05, 0.1) is 31.4 Å². The third-order valence-corrected chi connectivity index (χ3v) is 4.73. The maximum absolute atomic E-state index is 12.3. The number of carboxylic acids is 1. The average Bonchev–Trinajstić information content (AvgIpc) is 2.49. The summed E-state index contributed by atoms with van der Waals surface area (Å²) in [7, 11) is 0. The second-order valence-electron chi connectivity index (χ2n) is 5.00. The molecule has 0 spiro atoms. The van der Waals surface area contributed by atoms with E-state index in [0.29, 0.717) is 29.7 Å². The average molecular weight is 344 g/mol. The van der Waals surface area contributed by atoms with Crippen molar-refractivity contribution in [3.63, 3.8) is 0 Å². The number of ether oxygens (including phenoxy) is 1. The largest absolute Gasteiger partial charge is 0.481 e. The number of aliphatic carboxylic acids is 1. The number of rotatable bonds is 6. The molecule has 7 heteroatoms. The lowest BCUT2D eigenvalue weighted by Gasteiger charge is -2.34. The molecule has 0 saturated carbocycles. The molecule has 0 aromatic heterocycles. The highest BCUT2D eigenvalue weighted by Crippen LogP contribution is 2.21. The fourth-order valence-electron chi connectivity index (χ4n) is 2.30. The lowest BCUT2D eigenvalue weighted by Crippen LogP contribution is -2.50. The molecule has 1 fully saturated rings. The zero-order valence-corrected chi connectivity index (χ0v) is 13.6. The Hall–Kier alpha value is -1.24. The maximum atomic E-state index is 12.3. The van der Waals surface area contributed by atoms with Gasteiger partial charge < -0.3 is 14.7 Å². The number of hydrogen-bond donors (Lipinski definition) is 1.